The molecule has 0 spiro atoms. The molecule has 1 N–H and O–H groups in total. The molecule has 0 aliphatic heterocycles. The van der Waals surface area contributed by atoms with Gasteiger partial charge in [0.15, 0.2) is 0 Å². The molecule has 0 saturated carbocycles. The molecule has 1 nitrogen and oxygen atoms in total. The molecule has 16 heavy (non-hydrogen) atoms. The average Bonchev–Trinajstić information content (AvgIpc) is 2.20. The summed E-state index contributed by atoms with van der Waals surface area (Å²) < 4.78 is 12.9. The van der Waals surface area contributed by atoms with E-state index in [1.54, 1.807) is 12.1 Å². The lowest BCUT2D eigenvalue weighted by molar-refractivity contribution is 0.378. The van der Waals surface area contributed by atoms with E-state index in [1.807, 2.05) is 0 Å². The third-order valence-corrected chi connectivity index (χ3v) is 3.16. The van der Waals surface area contributed by atoms with Crippen molar-refractivity contribution in [3.05, 3.63) is 34.6 Å². The predicted octanol–water partition coefficient (Wildman–Crippen LogP) is 4.13. The van der Waals surface area contributed by atoms with Gasteiger partial charge in [-0.05, 0) is 38.0 Å². The summed E-state index contributed by atoms with van der Waals surface area (Å²) in [5, 5.41) is 4.55. The Morgan fingerprint density at radius 3 is 2.69 bits per heavy atom. The number of hydrogen-bond donors (Lipinski definition) is 1. The smallest absolute Gasteiger partial charge is 0.141 e. The van der Waals surface area contributed by atoms with E-state index >= 15 is 0 Å². The fourth-order valence-electron chi connectivity index (χ4n) is 1.32. The first-order chi connectivity index (χ1) is 7.44. The van der Waals surface area contributed by atoms with Gasteiger partial charge in [-0.15, -0.1) is 0 Å². The molecule has 4 heteroatoms. The second-order valence-electron chi connectivity index (χ2n) is 4.42. The highest BCUT2D eigenvalue weighted by Gasteiger charge is 2.15. The Balaban J connectivity index is 2.57. The lowest BCUT2D eigenvalue weighted by Gasteiger charge is -2.25. The van der Waals surface area contributed by atoms with Crippen molar-refractivity contribution in [2.45, 2.75) is 32.4 Å². The molecule has 0 aromatic heterocycles. The Labute approximate surface area is 110 Å². The maximum Gasteiger partial charge on any atom is 0.141 e. The van der Waals surface area contributed by atoms with Crippen LogP contribution in [0, 0.1) is 5.82 Å². The second kappa shape index (κ2) is 5.99. The van der Waals surface area contributed by atoms with Gasteiger partial charge in [0, 0.05) is 17.4 Å². The van der Waals surface area contributed by atoms with Gasteiger partial charge in [0.2, 0.25) is 0 Å². The maximum atomic E-state index is 12.9. The molecular formula is C12H16BrClFN. The summed E-state index contributed by atoms with van der Waals surface area (Å²) in [6.07, 6.45) is 1.03. The number of benzene rings is 1. The zero-order valence-electron chi connectivity index (χ0n) is 9.49. The van der Waals surface area contributed by atoms with Gasteiger partial charge in [-0.3, -0.25) is 0 Å². The molecule has 90 valence electrons. The van der Waals surface area contributed by atoms with E-state index in [9.17, 15) is 4.39 Å². The number of hydrogen-bond acceptors (Lipinski definition) is 1. The fourth-order valence-corrected chi connectivity index (χ4v) is 2.51. The maximum absolute atomic E-state index is 12.9. The van der Waals surface area contributed by atoms with Gasteiger partial charge in [0.05, 0.1) is 5.02 Å². The molecule has 1 aromatic carbocycles. The molecule has 0 amide bonds. The normalized spacial score (nSPS) is 11.8. The summed E-state index contributed by atoms with van der Waals surface area (Å²) in [5.74, 6) is -0.370. The van der Waals surface area contributed by atoms with E-state index in [-0.39, 0.29) is 16.4 Å². The van der Waals surface area contributed by atoms with Crippen LogP contribution in [-0.2, 0) is 6.54 Å². The van der Waals surface area contributed by atoms with Crippen molar-refractivity contribution < 1.29 is 4.39 Å². The first kappa shape index (κ1) is 13.9. The van der Waals surface area contributed by atoms with Crippen LogP contribution in [0.3, 0.4) is 0 Å². The van der Waals surface area contributed by atoms with Crippen LogP contribution < -0.4 is 5.32 Å². The lowest BCUT2D eigenvalue weighted by Crippen LogP contribution is -2.38. The van der Waals surface area contributed by atoms with Gasteiger partial charge in [-0.1, -0.05) is 33.6 Å². The zero-order valence-corrected chi connectivity index (χ0v) is 11.8. The van der Waals surface area contributed by atoms with Crippen LogP contribution in [0.15, 0.2) is 18.2 Å². The Hall–Kier alpha value is -0.120. The highest BCUT2D eigenvalue weighted by Crippen LogP contribution is 2.17. The van der Waals surface area contributed by atoms with Crippen LogP contribution in [0.1, 0.15) is 25.8 Å². The largest absolute Gasteiger partial charge is 0.308 e. The van der Waals surface area contributed by atoms with E-state index in [0.717, 1.165) is 17.3 Å². The summed E-state index contributed by atoms with van der Waals surface area (Å²) in [7, 11) is 0. The van der Waals surface area contributed by atoms with Crippen LogP contribution in [0.2, 0.25) is 5.02 Å². The van der Waals surface area contributed by atoms with Crippen molar-refractivity contribution >= 4 is 27.5 Å². The molecule has 0 heterocycles. The van der Waals surface area contributed by atoms with Gasteiger partial charge in [-0.2, -0.15) is 0 Å². The summed E-state index contributed by atoms with van der Waals surface area (Å²) in [4.78, 5) is 0. The fraction of sp³-hybridized carbons (Fsp3) is 0.500. The Morgan fingerprint density at radius 1 is 1.44 bits per heavy atom. The van der Waals surface area contributed by atoms with Crippen molar-refractivity contribution in [2.24, 2.45) is 0 Å². The van der Waals surface area contributed by atoms with E-state index in [0.29, 0.717) is 6.54 Å². The lowest BCUT2D eigenvalue weighted by atomic mass is 10.0. The van der Waals surface area contributed by atoms with Crippen LogP contribution in [0.4, 0.5) is 4.39 Å². The highest BCUT2D eigenvalue weighted by molar-refractivity contribution is 9.09. The van der Waals surface area contributed by atoms with E-state index < -0.39 is 0 Å². The topological polar surface area (TPSA) is 12.0 Å². The van der Waals surface area contributed by atoms with Crippen LogP contribution in [-0.4, -0.2) is 10.9 Å². The number of rotatable bonds is 5. The third kappa shape index (κ3) is 4.40. The zero-order chi connectivity index (χ0) is 12.2. The molecule has 0 atom stereocenters. The number of alkyl halides is 1. The summed E-state index contributed by atoms with van der Waals surface area (Å²) in [6.45, 7) is 4.97. The average molecular weight is 309 g/mol. The quantitative estimate of drug-likeness (QED) is 0.806. The Kier molecular flexibility index (Phi) is 5.22. The SMILES string of the molecule is CC(C)(CCBr)NCc1ccc(F)c(Cl)c1. The molecule has 0 fully saturated rings. The molecule has 0 saturated heterocycles. The first-order valence-electron chi connectivity index (χ1n) is 5.19. The highest BCUT2D eigenvalue weighted by atomic mass is 79.9. The summed E-state index contributed by atoms with van der Waals surface area (Å²) in [5.41, 5.74) is 1.05. The Bertz CT molecular complexity index is 355. The third-order valence-electron chi connectivity index (χ3n) is 2.47. The van der Waals surface area contributed by atoms with Gasteiger partial charge < -0.3 is 5.32 Å². The van der Waals surface area contributed by atoms with Gasteiger partial charge in [0.1, 0.15) is 5.82 Å². The van der Waals surface area contributed by atoms with Crippen LogP contribution in [0.5, 0.6) is 0 Å². The molecule has 1 aromatic rings. The minimum absolute atomic E-state index is 0.0599. The summed E-state index contributed by atoms with van der Waals surface area (Å²) in [6, 6.07) is 4.81. The molecule has 1 rings (SSSR count). The van der Waals surface area contributed by atoms with Crippen molar-refractivity contribution in [1.29, 1.82) is 0 Å². The molecule has 0 aliphatic rings. The molecule has 0 radical (unpaired) electrons. The Morgan fingerprint density at radius 2 is 2.12 bits per heavy atom. The minimum atomic E-state index is -0.370. The van der Waals surface area contributed by atoms with Crippen LogP contribution >= 0.6 is 27.5 Å². The van der Waals surface area contributed by atoms with Crippen molar-refractivity contribution in [1.82, 2.24) is 5.32 Å². The van der Waals surface area contributed by atoms with E-state index in [2.05, 4.69) is 35.1 Å². The predicted molar refractivity (Wildman–Crippen MR) is 70.7 cm³/mol. The molecular weight excluding hydrogens is 292 g/mol. The van der Waals surface area contributed by atoms with Gasteiger partial charge in [-0.25, -0.2) is 4.39 Å². The summed E-state index contributed by atoms with van der Waals surface area (Å²) >= 11 is 9.14. The van der Waals surface area contributed by atoms with Crippen molar-refractivity contribution in [3.63, 3.8) is 0 Å². The number of nitrogens with one attached hydrogen (secondary N) is 1. The monoisotopic (exact) mass is 307 g/mol. The molecule has 0 aliphatic carbocycles. The standard InChI is InChI=1S/C12H16BrClFN/c1-12(2,5-6-13)16-8-9-3-4-11(15)10(14)7-9/h3-4,7,16H,5-6,8H2,1-2H3. The van der Waals surface area contributed by atoms with Crippen molar-refractivity contribution in [3.8, 4) is 0 Å². The molecule has 0 unspecified atom stereocenters. The number of halogens is 3. The molecule has 0 bridgehead atoms. The van der Waals surface area contributed by atoms with Crippen LogP contribution in [0.25, 0.3) is 0 Å². The van der Waals surface area contributed by atoms with Crippen molar-refractivity contribution in [2.75, 3.05) is 5.33 Å². The van der Waals surface area contributed by atoms with E-state index in [1.165, 1.54) is 6.07 Å². The van der Waals surface area contributed by atoms with E-state index in [4.69, 9.17) is 11.6 Å². The second-order valence-corrected chi connectivity index (χ2v) is 5.63. The minimum Gasteiger partial charge on any atom is -0.308 e. The first-order valence-corrected chi connectivity index (χ1v) is 6.69. The van der Waals surface area contributed by atoms with Gasteiger partial charge in [0.25, 0.3) is 0 Å². The van der Waals surface area contributed by atoms with Gasteiger partial charge >= 0.3 is 0 Å².